The van der Waals surface area contributed by atoms with E-state index >= 15 is 0 Å². The zero-order chi connectivity index (χ0) is 15.3. The Kier molecular flexibility index (Phi) is 5.82. The van der Waals surface area contributed by atoms with Gasteiger partial charge in [-0.3, -0.25) is 4.68 Å². The Labute approximate surface area is 128 Å². The highest BCUT2D eigenvalue weighted by Crippen LogP contribution is 2.29. The Morgan fingerprint density at radius 3 is 2.57 bits per heavy atom. The third kappa shape index (κ3) is 3.67. The molecule has 1 fully saturated rings. The van der Waals surface area contributed by atoms with Gasteiger partial charge < -0.3 is 9.84 Å². The van der Waals surface area contributed by atoms with Crippen molar-refractivity contribution >= 4 is 0 Å². The second-order valence-corrected chi connectivity index (χ2v) is 6.27. The predicted molar refractivity (Wildman–Crippen MR) is 84.4 cm³/mol. The van der Waals surface area contributed by atoms with Crippen LogP contribution in [0.5, 0.6) is 0 Å². The highest BCUT2D eigenvalue weighted by Gasteiger charge is 2.35. The van der Waals surface area contributed by atoms with Crippen molar-refractivity contribution in [1.29, 1.82) is 0 Å². The van der Waals surface area contributed by atoms with Crippen LogP contribution in [0.1, 0.15) is 70.5 Å². The maximum absolute atomic E-state index is 10.6. The Hall–Kier alpha value is -0.870. The molecule has 1 saturated carbocycles. The molecule has 1 heterocycles. The molecule has 21 heavy (non-hydrogen) atoms. The topological polar surface area (TPSA) is 47.3 Å². The molecule has 120 valence electrons. The Morgan fingerprint density at radius 2 is 2.00 bits per heavy atom. The van der Waals surface area contributed by atoms with Crippen LogP contribution in [0.3, 0.4) is 0 Å². The molecule has 1 atom stereocenters. The van der Waals surface area contributed by atoms with E-state index in [0.29, 0.717) is 12.5 Å². The predicted octanol–water partition coefficient (Wildman–Crippen LogP) is 3.50. The molecular formula is C17H30N2O2. The first-order valence-corrected chi connectivity index (χ1v) is 8.42. The molecule has 1 aliphatic carbocycles. The Morgan fingerprint density at radius 1 is 1.33 bits per heavy atom. The minimum absolute atomic E-state index is 0.450. The number of rotatable bonds is 7. The van der Waals surface area contributed by atoms with E-state index in [4.69, 9.17) is 9.84 Å². The number of methoxy groups -OCH3 is 1. The van der Waals surface area contributed by atoms with Gasteiger partial charge in [0.1, 0.15) is 0 Å². The van der Waals surface area contributed by atoms with Crippen molar-refractivity contribution in [3.8, 4) is 0 Å². The lowest BCUT2D eigenvalue weighted by Gasteiger charge is -2.35. The van der Waals surface area contributed by atoms with E-state index in [1.54, 1.807) is 7.11 Å². The molecule has 0 aliphatic heterocycles. The molecule has 1 aliphatic rings. The van der Waals surface area contributed by atoms with Gasteiger partial charge in [-0.15, -0.1) is 0 Å². The normalized spacial score (nSPS) is 18.9. The van der Waals surface area contributed by atoms with E-state index in [0.717, 1.165) is 18.5 Å². The number of hydrogen-bond donors (Lipinski definition) is 1. The van der Waals surface area contributed by atoms with E-state index in [-0.39, 0.29) is 0 Å². The quantitative estimate of drug-likeness (QED) is 0.837. The molecule has 1 unspecified atom stereocenters. The molecule has 0 spiro atoms. The van der Waals surface area contributed by atoms with Gasteiger partial charge in [-0.25, -0.2) is 0 Å². The van der Waals surface area contributed by atoms with Crippen LogP contribution in [-0.2, 0) is 11.2 Å². The van der Waals surface area contributed by atoms with Crippen LogP contribution >= 0.6 is 0 Å². The van der Waals surface area contributed by atoms with E-state index in [9.17, 15) is 5.11 Å². The van der Waals surface area contributed by atoms with Gasteiger partial charge in [0.25, 0.3) is 0 Å². The molecule has 4 nitrogen and oxygen atoms in total. The summed E-state index contributed by atoms with van der Waals surface area (Å²) in [5, 5.41) is 15.2. The minimum Gasteiger partial charge on any atom is -0.390 e. The molecule has 4 heteroatoms. The smallest absolute Gasteiger partial charge is 0.0935 e. The number of aromatic nitrogens is 2. The third-order valence-electron chi connectivity index (χ3n) is 5.23. The van der Waals surface area contributed by atoms with Gasteiger partial charge in [0.05, 0.1) is 23.4 Å². The first-order chi connectivity index (χ1) is 10.1. The van der Waals surface area contributed by atoms with Gasteiger partial charge in [-0.05, 0) is 31.7 Å². The van der Waals surface area contributed by atoms with Crippen LogP contribution in [0, 0.1) is 0 Å². The van der Waals surface area contributed by atoms with E-state index < -0.39 is 11.7 Å². The van der Waals surface area contributed by atoms with Gasteiger partial charge in [-0.2, -0.15) is 5.10 Å². The van der Waals surface area contributed by atoms with Crippen molar-refractivity contribution < 1.29 is 9.84 Å². The summed E-state index contributed by atoms with van der Waals surface area (Å²) in [7, 11) is 1.69. The molecule has 0 saturated heterocycles. The summed E-state index contributed by atoms with van der Waals surface area (Å²) in [6.07, 6.45) is 10.2. The van der Waals surface area contributed by atoms with Crippen LogP contribution in [0.25, 0.3) is 0 Å². The lowest BCUT2D eigenvalue weighted by atomic mass is 9.88. The van der Waals surface area contributed by atoms with Crippen molar-refractivity contribution in [2.24, 2.45) is 0 Å². The van der Waals surface area contributed by atoms with Gasteiger partial charge in [0.2, 0.25) is 0 Å². The van der Waals surface area contributed by atoms with Crippen LogP contribution < -0.4 is 0 Å². The maximum Gasteiger partial charge on any atom is 0.0935 e. The van der Waals surface area contributed by atoms with E-state index in [1.807, 2.05) is 6.07 Å². The zero-order valence-electron chi connectivity index (χ0n) is 13.7. The number of ether oxygens (including phenoxy) is 1. The van der Waals surface area contributed by atoms with Crippen molar-refractivity contribution in [3.05, 3.63) is 18.0 Å². The summed E-state index contributed by atoms with van der Waals surface area (Å²) in [5.41, 5.74) is 0.519. The van der Waals surface area contributed by atoms with Crippen molar-refractivity contribution in [2.75, 3.05) is 7.11 Å². The number of aliphatic hydroxyl groups excluding tert-OH is 1. The molecule has 1 N–H and O–H groups in total. The van der Waals surface area contributed by atoms with Gasteiger partial charge >= 0.3 is 0 Å². The molecule has 0 aromatic carbocycles. The summed E-state index contributed by atoms with van der Waals surface area (Å²) >= 11 is 0. The summed E-state index contributed by atoms with van der Waals surface area (Å²) in [6.45, 7) is 4.13. The van der Waals surface area contributed by atoms with Crippen molar-refractivity contribution in [1.82, 2.24) is 9.78 Å². The number of hydrogen-bond acceptors (Lipinski definition) is 3. The van der Waals surface area contributed by atoms with Gasteiger partial charge in [0, 0.05) is 19.7 Å². The molecular weight excluding hydrogens is 264 g/mol. The summed E-state index contributed by atoms with van der Waals surface area (Å²) in [4.78, 5) is 0. The fourth-order valence-corrected chi connectivity index (χ4v) is 3.57. The second-order valence-electron chi connectivity index (χ2n) is 6.27. The first-order valence-electron chi connectivity index (χ1n) is 8.42. The van der Waals surface area contributed by atoms with Crippen LogP contribution in [0.2, 0.25) is 0 Å². The maximum atomic E-state index is 10.6. The monoisotopic (exact) mass is 294 g/mol. The Balaban J connectivity index is 2.01. The minimum atomic E-state index is -0.507. The highest BCUT2D eigenvalue weighted by molar-refractivity contribution is 5.04. The van der Waals surface area contributed by atoms with Crippen LogP contribution in [0.4, 0.5) is 0 Å². The SMILES string of the molecule is CCC(CC)(OC)C(O)Cc1ccn(C2CCCCC2)n1. The molecule has 0 radical (unpaired) electrons. The Bertz CT molecular complexity index is 412. The van der Waals surface area contributed by atoms with Crippen molar-refractivity contribution in [3.63, 3.8) is 0 Å². The van der Waals surface area contributed by atoms with Gasteiger partial charge in [-0.1, -0.05) is 33.1 Å². The standard InChI is InChI=1S/C17H30N2O2/c1-4-17(5-2,21-3)16(20)13-14-11-12-19(18-14)15-9-7-6-8-10-15/h11-12,15-16,20H,4-10,13H2,1-3H3. The zero-order valence-corrected chi connectivity index (χ0v) is 13.7. The number of nitrogens with zero attached hydrogens (tertiary/aromatic N) is 2. The van der Waals surface area contributed by atoms with Crippen LogP contribution in [0.15, 0.2) is 12.3 Å². The van der Waals surface area contributed by atoms with Crippen LogP contribution in [-0.4, -0.2) is 33.7 Å². The highest BCUT2D eigenvalue weighted by atomic mass is 16.5. The molecule has 2 rings (SSSR count). The second kappa shape index (κ2) is 7.41. The molecule has 1 aromatic heterocycles. The fraction of sp³-hybridized carbons (Fsp3) is 0.824. The third-order valence-corrected chi connectivity index (χ3v) is 5.23. The summed E-state index contributed by atoms with van der Waals surface area (Å²) in [6, 6.07) is 2.60. The van der Waals surface area contributed by atoms with Gasteiger partial charge in [0.15, 0.2) is 0 Å². The first kappa shape index (κ1) is 16.5. The molecule has 0 amide bonds. The summed E-state index contributed by atoms with van der Waals surface area (Å²) < 4.78 is 7.71. The van der Waals surface area contributed by atoms with E-state index in [2.05, 4.69) is 24.7 Å². The molecule has 0 bridgehead atoms. The average Bonchev–Trinajstić information content (AvgIpc) is 2.99. The lowest BCUT2D eigenvalue weighted by molar-refractivity contribution is -0.107. The largest absolute Gasteiger partial charge is 0.390 e. The fourth-order valence-electron chi connectivity index (χ4n) is 3.57. The molecule has 1 aromatic rings. The summed E-state index contributed by atoms with van der Waals surface area (Å²) in [5.74, 6) is 0. The number of aliphatic hydroxyl groups is 1. The lowest BCUT2D eigenvalue weighted by Crippen LogP contribution is -2.44. The van der Waals surface area contributed by atoms with Crippen molar-refractivity contribution in [2.45, 2.75) is 83.0 Å². The average molecular weight is 294 g/mol. The van der Waals surface area contributed by atoms with E-state index in [1.165, 1.54) is 32.1 Å².